The number of rotatable bonds is 5. The summed E-state index contributed by atoms with van der Waals surface area (Å²) in [5, 5.41) is 8.46. The van der Waals surface area contributed by atoms with Crippen molar-refractivity contribution in [3.8, 4) is 0 Å². The molecule has 0 rings (SSSR count). The zero-order chi connectivity index (χ0) is 7.98. The van der Waals surface area contributed by atoms with Gasteiger partial charge in [-0.15, -0.1) is 0 Å². The van der Waals surface area contributed by atoms with Crippen LogP contribution in [0, 0.1) is 0 Å². The third-order valence-electron chi connectivity index (χ3n) is 1.35. The van der Waals surface area contributed by atoms with Crippen LogP contribution in [0.3, 0.4) is 0 Å². The fourth-order valence-corrected chi connectivity index (χ4v) is 0.686. The van der Waals surface area contributed by atoms with Crippen LogP contribution in [-0.4, -0.2) is 17.1 Å². The molecule has 0 amide bonds. The van der Waals surface area contributed by atoms with Crippen LogP contribution in [-0.2, 0) is 4.79 Å². The molecule has 4 nitrogen and oxygen atoms in total. The van der Waals surface area contributed by atoms with E-state index < -0.39 is 12.0 Å². The van der Waals surface area contributed by atoms with Crippen LogP contribution in [0.4, 0.5) is 0 Å². The largest absolute Gasteiger partial charge is 0.480 e. The lowest BCUT2D eigenvalue weighted by Gasteiger charge is -2.08. The summed E-state index contributed by atoms with van der Waals surface area (Å²) in [6.07, 6.45) is 2.48. The molecule has 0 radical (unpaired) electrons. The Kier molecular flexibility index (Phi) is 4.88. The van der Waals surface area contributed by atoms with Gasteiger partial charge in [-0.3, -0.25) is 10.6 Å². The average Bonchev–Trinajstić information content (AvgIpc) is 1.89. The number of carbonyl (C=O) groups is 1. The molecular weight excluding hydrogens is 132 g/mol. The summed E-state index contributed by atoms with van der Waals surface area (Å²) in [5.74, 6) is 4.10. The molecule has 0 bridgehead atoms. The number of carboxylic acid groups (broad SMARTS) is 1. The van der Waals surface area contributed by atoms with Gasteiger partial charge < -0.3 is 5.11 Å². The second-order valence-corrected chi connectivity index (χ2v) is 2.20. The molecule has 0 fully saturated rings. The lowest BCUT2D eigenvalue weighted by atomic mass is 10.1. The number of hydrazine groups is 1. The second-order valence-electron chi connectivity index (χ2n) is 2.20. The van der Waals surface area contributed by atoms with Crippen molar-refractivity contribution in [3.05, 3.63) is 0 Å². The molecule has 0 unspecified atom stereocenters. The van der Waals surface area contributed by atoms with Gasteiger partial charge in [-0.25, -0.2) is 5.43 Å². The third kappa shape index (κ3) is 3.42. The van der Waals surface area contributed by atoms with Gasteiger partial charge in [-0.2, -0.15) is 0 Å². The summed E-state index contributed by atoms with van der Waals surface area (Å²) >= 11 is 0. The number of nitrogens with one attached hydrogen (secondary N) is 1. The van der Waals surface area contributed by atoms with Gasteiger partial charge in [-0.1, -0.05) is 19.8 Å². The minimum absolute atomic E-state index is 0.583. The van der Waals surface area contributed by atoms with Gasteiger partial charge in [0, 0.05) is 0 Å². The molecule has 60 valence electrons. The minimum atomic E-state index is -0.879. The van der Waals surface area contributed by atoms with Crippen LogP contribution in [0.5, 0.6) is 0 Å². The molecule has 0 aromatic carbocycles. The predicted molar refractivity (Wildman–Crippen MR) is 38.3 cm³/mol. The molecule has 4 heteroatoms. The molecule has 0 aromatic rings. The Morgan fingerprint density at radius 3 is 2.70 bits per heavy atom. The highest BCUT2D eigenvalue weighted by Gasteiger charge is 2.13. The topological polar surface area (TPSA) is 75.3 Å². The molecular formula is C6H14N2O2. The van der Waals surface area contributed by atoms with Crippen LogP contribution < -0.4 is 11.3 Å². The molecule has 0 saturated heterocycles. The monoisotopic (exact) mass is 146 g/mol. The van der Waals surface area contributed by atoms with E-state index in [4.69, 9.17) is 10.9 Å². The molecule has 0 saturated carbocycles. The van der Waals surface area contributed by atoms with Gasteiger partial charge in [0.2, 0.25) is 0 Å². The smallest absolute Gasteiger partial charge is 0.322 e. The van der Waals surface area contributed by atoms with Crippen molar-refractivity contribution in [1.82, 2.24) is 5.43 Å². The lowest BCUT2D eigenvalue weighted by Crippen LogP contribution is -2.41. The summed E-state index contributed by atoms with van der Waals surface area (Å²) in [5.41, 5.74) is 2.24. The van der Waals surface area contributed by atoms with Crippen molar-refractivity contribution in [1.29, 1.82) is 0 Å². The third-order valence-corrected chi connectivity index (χ3v) is 1.35. The Bertz CT molecular complexity index is 106. The van der Waals surface area contributed by atoms with Gasteiger partial charge in [0.25, 0.3) is 0 Å². The van der Waals surface area contributed by atoms with E-state index in [2.05, 4.69) is 5.43 Å². The highest BCUT2D eigenvalue weighted by molar-refractivity contribution is 5.73. The number of carboxylic acids is 1. The molecule has 10 heavy (non-hydrogen) atoms. The molecule has 0 aliphatic rings. The van der Waals surface area contributed by atoms with Crippen molar-refractivity contribution in [2.45, 2.75) is 32.2 Å². The van der Waals surface area contributed by atoms with Gasteiger partial charge >= 0.3 is 5.97 Å². The summed E-state index contributed by atoms with van der Waals surface area (Å²) in [7, 11) is 0. The average molecular weight is 146 g/mol. The molecule has 0 aromatic heterocycles. The van der Waals surface area contributed by atoms with E-state index in [0.717, 1.165) is 12.8 Å². The minimum Gasteiger partial charge on any atom is -0.480 e. The summed E-state index contributed by atoms with van der Waals surface area (Å²) in [4.78, 5) is 10.3. The standard InChI is InChI=1S/C6H14N2O2/c1-2-3-4-5(8-7)6(9)10/h5,8H,2-4,7H2,1H3,(H,9,10)/t5-/m1/s1. The molecule has 1 atom stereocenters. The maximum absolute atomic E-state index is 10.3. The van der Waals surface area contributed by atoms with E-state index in [1.807, 2.05) is 6.92 Å². The molecule has 0 heterocycles. The van der Waals surface area contributed by atoms with E-state index in [1.54, 1.807) is 0 Å². The number of nitrogens with two attached hydrogens (primary N) is 1. The van der Waals surface area contributed by atoms with Crippen molar-refractivity contribution in [2.75, 3.05) is 0 Å². The van der Waals surface area contributed by atoms with Crippen molar-refractivity contribution >= 4 is 5.97 Å². The first-order chi connectivity index (χ1) is 4.72. The highest BCUT2D eigenvalue weighted by atomic mass is 16.4. The summed E-state index contributed by atoms with van der Waals surface area (Å²) in [6.45, 7) is 2.01. The van der Waals surface area contributed by atoms with E-state index in [-0.39, 0.29) is 0 Å². The highest BCUT2D eigenvalue weighted by Crippen LogP contribution is 1.98. The van der Waals surface area contributed by atoms with Crippen molar-refractivity contribution in [2.24, 2.45) is 5.84 Å². The normalized spacial score (nSPS) is 13.0. The zero-order valence-electron chi connectivity index (χ0n) is 6.13. The Hall–Kier alpha value is -0.610. The maximum Gasteiger partial charge on any atom is 0.322 e. The fraction of sp³-hybridized carbons (Fsp3) is 0.833. The number of hydrogen-bond donors (Lipinski definition) is 3. The molecule has 0 spiro atoms. The van der Waals surface area contributed by atoms with Crippen LogP contribution in [0.1, 0.15) is 26.2 Å². The Morgan fingerprint density at radius 1 is 1.80 bits per heavy atom. The van der Waals surface area contributed by atoms with E-state index >= 15 is 0 Å². The Morgan fingerprint density at radius 2 is 2.40 bits per heavy atom. The summed E-state index contributed by atoms with van der Waals surface area (Å²) in [6, 6.07) is -0.583. The summed E-state index contributed by atoms with van der Waals surface area (Å²) < 4.78 is 0. The van der Waals surface area contributed by atoms with E-state index in [9.17, 15) is 4.79 Å². The van der Waals surface area contributed by atoms with Crippen LogP contribution in [0.2, 0.25) is 0 Å². The Labute approximate surface area is 60.4 Å². The second kappa shape index (κ2) is 5.20. The van der Waals surface area contributed by atoms with Gasteiger partial charge in [0.05, 0.1) is 0 Å². The molecule has 4 N–H and O–H groups in total. The predicted octanol–water partition coefficient (Wildman–Crippen LogP) is 0.0931. The quantitative estimate of drug-likeness (QED) is 0.379. The van der Waals surface area contributed by atoms with Crippen LogP contribution in [0.25, 0.3) is 0 Å². The number of hydrogen-bond acceptors (Lipinski definition) is 3. The first-order valence-corrected chi connectivity index (χ1v) is 3.41. The van der Waals surface area contributed by atoms with E-state index in [0.29, 0.717) is 6.42 Å². The first-order valence-electron chi connectivity index (χ1n) is 3.41. The van der Waals surface area contributed by atoms with Gasteiger partial charge in [0.15, 0.2) is 0 Å². The Balaban J connectivity index is 3.50. The zero-order valence-corrected chi connectivity index (χ0v) is 6.13. The first kappa shape index (κ1) is 9.39. The molecule has 0 aliphatic heterocycles. The van der Waals surface area contributed by atoms with Crippen LogP contribution in [0.15, 0.2) is 0 Å². The van der Waals surface area contributed by atoms with Crippen molar-refractivity contribution < 1.29 is 9.90 Å². The van der Waals surface area contributed by atoms with E-state index in [1.165, 1.54) is 0 Å². The fourth-order valence-electron chi connectivity index (χ4n) is 0.686. The van der Waals surface area contributed by atoms with Gasteiger partial charge in [0.1, 0.15) is 6.04 Å². The SMILES string of the molecule is CCCC[C@@H](NN)C(=O)O. The van der Waals surface area contributed by atoms with Gasteiger partial charge in [-0.05, 0) is 6.42 Å². The van der Waals surface area contributed by atoms with Crippen LogP contribution >= 0.6 is 0 Å². The van der Waals surface area contributed by atoms with Crippen molar-refractivity contribution in [3.63, 3.8) is 0 Å². The lowest BCUT2D eigenvalue weighted by molar-refractivity contribution is -0.139. The molecule has 0 aliphatic carbocycles. The number of unbranched alkanes of at least 4 members (excludes halogenated alkanes) is 1. The number of aliphatic carboxylic acids is 1. The maximum atomic E-state index is 10.3.